The number of aromatic nitrogens is 1. The summed E-state index contributed by atoms with van der Waals surface area (Å²) in [6.45, 7) is 0. The molecule has 8 aromatic carbocycles. The Bertz CT molecular complexity index is 2430. The second-order valence-corrected chi connectivity index (χ2v) is 12.2. The molecule has 1 heterocycles. The zero-order valence-electron chi connectivity index (χ0n) is 26.4. The fourth-order valence-electron chi connectivity index (χ4n) is 7.07. The molecule has 0 atom stereocenters. The molecule has 226 valence electrons. The van der Waals surface area contributed by atoms with E-state index in [1.54, 1.807) is 0 Å². The molecule has 2 nitrogen and oxygen atoms in total. The van der Waals surface area contributed by atoms with E-state index < -0.39 is 0 Å². The largest absolute Gasteiger partial charge is 0.310 e. The molecule has 0 aliphatic heterocycles. The first-order valence-corrected chi connectivity index (χ1v) is 16.4. The topological polar surface area (TPSA) is 8.17 Å². The molecule has 0 aliphatic carbocycles. The number of fused-ring (bicyclic) bond motifs is 4. The molecule has 0 saturated heterocycles. The van der Waals surface area contributed by atoms with Crippen LogP contribution in [0.5, 0.6) is 0 Å². The first-order chi connectivity index (χ1) is 23.8. The van der Waals surface area contributed by atoms with Crippen LogP contribution in [-0.2, 0) is 0 Å². The lowest BCUT2D eigenvalue weighted by atomic mass is 10.0. The Morgan fingerprint density at radius 3 is 1.46 bits per heavy atom. The van der Waals surface area contributed by atoms with E-state index in [0.717, 1.165) is 22.7 Å². The molecule has 9 rings (SSSR count). The minimum absolute atomic E-state index is 1.11. The summed E-state index contributed by atoms with van der Waals surface area (Å²) in [5.41, 5.74) is 11.7. The minimum Gasteiger partial charge on any atom is -0.310 e. The molecular formula is C46H32N2. The molecule has 0 N–H and O–H groups in total. The zero-order valence-corrected chi connectivity index (χ0v) is 26.4. The van der Waals surface area contributed by atoms with Gasteiger partial charge in [0.25, 0.3) is 0 Å². The smallest absolute Gasteiger partial charge is 0.0548 e. The lowest BCUT2D eigenvalue weighted by Gasteiger charge is -2.27. The van der Waals surface area contributed by atoms with Gasteiger partial charge in [-0.2, -0.15) is 0 Å². The molecule has 0 fully saturated rings. The molecule has 0 amide bonds. The summed E-state index contributed by atoms with van der Waals surface area (Å²) in [5.74, 6) is 0. The van der Waals surface area contributed by atoms with Crippen molar-refractivity contribution in [2.75, 3.05) is 4.90 Å². The molecule has 9 aromatic rings. The first-order valence-electron chi connectivity index (χ1n) is 16.4. The van der Waals surface area contributed by atoms with Crippen LogP contribution in [0, 0.1) is 0 Å². The van der Waals surface area contributed by atoms with Crippen molar-refractivity contribution in [2.24, 2.45) is 0 Å². The Balaban J connectivity index is 1.27. The van der Waals surface area contributed by atoms with Crippen molar-refractivity contribution in [3.63, 3.8) is 0 Å². The fraction of sp³-hybridized carbons (Fsp3) is 0. The summed E-state index contributed by atoms with van der Waals surface area (Å²) >= 11 is 0. The van der Waals surface area contributed by atoms with Gasteiger partial charge >= 0.3 is 0 Å². The van der Waals surface area contributed by atoms with Gasteiger partial charge in [0.2, 0.25) is 0 Å². The third kappa shape index (κ3) is 4.83. The predicted molar refractivity (Wildman–Crippen MR) is 204 cm³/mol. The highest BCUT2D eigenvalue weighted by Crippen LogP contribution is 2.43. The van der Waals surface area contributed by atoms with E-state index in [-0.39, 0.29) is 0 Å². The molecule has 0 bridgehead atoms. The van der Waals surface area contributed by atoms with Crippen LogP contribution >= 0.6 is 0 Å². The van der Waals surface area contributed by atoms with Gasteiger partial charge in [-0.1, -0.05) is 133 Å². The maximum atomic E-state index is 2.40. The summed E-state index contributed by atoms with van der Waals surface area (Å²) in [6.07, 6.45) is 0. The highest BCUT2D eigenvalue weighted by atomic mass is 15.1. The molecular weight excluding hydrogens is 581 g/mol. The lowest BCUT2D eigenvalue weighted by Crippen LogP contribution is -2.10. The molecule has 0 unspecified atom stereocenters. The summed E-state index contributed by atoms with van der Waals surface area (Å²) < 4.78 is 2.40. The quantitative estimate of drug-likeness (QED) is 0.181. The van der Waals surface area contributed by atoms with Crippen molar-refractivity contribution in [3.05, 3.63) is 194 Å². The summed E-state index contributed by atoms with van der Waals surface area (Å²) in [6, 6.07) is 69.9. The first kappa shape index (κ1) is 27.9. The Hall–Kier alpha value is -6.38. The number of hydrogen-bond donors (Lipinski definition) is 0. The number of nitrogens with zero attached hydrogens (tertiary/aromatic N) is 2. The minimum atomic E-state index is 1.11. The summed E-state index contributed by atoms with van der Waals surface area (Å²) in [7, 11) is 0. The van der Waals surface area contributed by atoms with Gasteiger partial charge in [0.05, 0.1) is 16.7 Å². The van der Waals surface area contributed by atoms with Gasteiger partial charge < -0.3 is 9.47 Å². The predicted octanol–water partition coefficient (Wildman–Crippen LogP) is 12.7. The lowest BCUT2D eigenvalue weighted by molar-refractivity contribution is 1.18. The standard InChI is InChI=1S/C46H32N2/c1-4-13-33(14-5-1)35-23-27-39(28-24-35)47(40-29-25-36(26-30-40)34-15-6-2-7-16-34)45-22-12-17-37-31-43-41-20-10-11-21-44(41)48(46(43)32-42(37)45)38-18-8-3-9-19-38/h1-32H. The third-order valence-electron chi connectivity index (χ3n) is 9.37. The molecule has 0 spiro atoms. The summed E-state index contributed by atoms with van der Waals surface area (Å²) in [5, 5.41) is 4.92. The monoisotopic (exact) mass is 612 g/mol. The van der Waals surface area contributed by atoms with Crippen molar-refractivity contribution in [3.8, 4) is 27.9 Å². The van der Waals surface area contributed by atoms with Gasteiger partial charge in [-0.15, -0.1) is 0 Å². The van der Waals surface area contributed by atoms with Gasteiger partial charge in [-0.3, -0.25) is 0 Å². The van der Waals surface area contributed by atoms with Crippen molar-refractivity contribution in [1.29, 1.82) is 0 Å². The number of anilines is 3. The van der Waals surface area contributed by atoms with Gasteiger partial charge in [-0.05, 0) is 88.3 Å². The van der Waals surface area contributed by atoms with E-state index >= 15 is 0 Å². The van der Waals surface area contributed by atoms with E-state index in [9.17, 15) is 0 Å². The molecule has 0 radical (unpaired) electrons. The fourth-order valence-corrected chi connectivity index (χ4v) is 7.07. The Labute approximate surface area is 280 Å². The molecule has 0 saturated carbocycles. The molecule has 0 aliphatic rings. The van der Waals surface area contributed by atoms with Crippen LogP contribution in [0.4, 0.5) is 17.1 Å². The van der Waals surface area contributed by atoms with Crippen molar-refractivity contribution >= 4 is 49.6 Å². The molecule has 2 heteroatoms. The van der Waals surface area contributed by atoms with Crippen LogP contribution < -0.4 is 4.90 Å². The van der Waals surface area contributed by atoms with Crippen LogP contribution in [0.2, 0.25) is 0 Å². The maximum absolute atomic E-state index is 2.40. The Morgan fingerprint density at radius 1 is 0.333 bits per heavy atom. The van der Waals surface area contributed by atoms with E-state index in [4.69, 9.17) is 0 Å². The average Bonchev–Trinajstić information content (AvgIpc) is 3.49. The van der Waals surface area contributed by atoms with Gasteiger partial charge in [0, 0.05) is 33.2 Å². The van der Waals surface area contributed by atoms with Crippen LogP contribution in [0.15, 0.2) is 194 Å². The highest BCUT2D eigenvalue weighted by Gasteiger charge is 2.19. The van der Waals surface area contributed by atoms with Gasteiger partial charge in [0.1, 0.15) is 0 Å². The molecule has 1 aromatic heterocycles. The van der Waals surface area contributed by atoms with Crippen LogP contribution in [-0.4, -0.2) is 4.57 Å². The highest BCUT2D eigenvalue weighted by molar-refractivity contribution is 6.15. The number of benzene rings is 8. The van der Waals surface area contributed by atoms with Crippen molar-refractivity contribution in [2.45, 2.75) is 0 Å². The number of hydrogen-bond acceptors (Lipinski definition) is 1. The third-order valence-corrected chi connectivity index (χ3v) is 9.37. The van der Waals surface area contributed by atoms with Crippen molar-refractivity contribution in [1.82, 2.24) is 4.57 Å². The number of para-hydroxylation sites is 2. The van der Waals surface area contributed by atoms with Crippen LogP contribution in [0.1, 0.15) is 0 Å². The zero-order chi connectivity index (χ0) is 31.9. The maximum Gasteiger partial charge on any atom is 0.0548 e. The second kappa shape index (κ2) is 11.8. The van der Waals surface area contributed by atoms with Crippen molar-refractivity contribution < 1.29 is 0 Å². The normalized spacial score (nSPS) is 11.3. The van der Waals surface area contributed by atoms with Gasteiger partial charge in [0.15, 0.2) is 0 Å². The molecule has 48 heavy (non-hydrogen) atoms. The Morgan fingerprint density at radius 2 is 0.854 bits per heavy atom. The summed E-state index contributed by atoms with van der Waals surface area (Å²) in [4.78, 5) is 2.40. The Kier molecular flexibility index (Phi) is 6.84. The van der Waals surface area contributed by atoms with E-state index in [2.05, 4.69) is 204 Å². The van der Waals surface area contributed by atoms with E-state index in [1.165, 1.54) is 54.8 Å². The van der Waals surface area contributed by atoms with E-state index in [0.29, 0.717) is 0 Å². The van der Waals surface area contributed by atoms with Gasteiger partial charge in [-0.25, -0.2) is 0 Å². The average molecular weight is 613 g/mol. The number of rotatable bonds is 6. The van der Waals surface area contributed by atoms with Crippen LogP contribution in [0.3, 0.4) is 0 Å². The van der Waals surface area contributed by atoms with E-state index in [1.807, 2.05) is 0 Å². The second-order valence-electron chi connectivity index (χ2n) is 12.2. The van der Waals surface area contributed by atoms with Crippen LogP contribution in [0.25, 0.3) is 60.5 Å². The SMILES string of the molecule is c1ccc(-c2ccc(N(c3ccc(-c4ccccc4)cc3)c3cccc4cc5c6ccccc6n(-c6ccccc6)c5cc34)cc2)cc1.